The summed E-state index contributed by atoms with van der Waals surface area (Å²) in [6.45, 7) is 6.32. The molecule has 2 atom stereocenters. The van der Waals surface area contributed by atoms with Crippen LogP contribution in [0.3, 0.4) is 0 Å². The highest BCUT2D eigenvalue weighted by atomic mass is 15.1. The van der Waals surface area contributed by atoms with Crippen molar-refractivity contribution in [2.24, 2.45) is 0 Å². The third kappa shape index (κ3) is 2.62. The van der Waals surface area contributed by atoms with E-state index in [-0.39, 0.29) is 0 Å². The summed E-state index contributed by atoms with van der Waals surface area (Å²) in [5.41, 5.74) is 5.54. The van der Waals surface area contributed by atoms with E-state index in [1.54, 1.807) is 0 Å². The van der Waals surface area contributed by atoms with Crippen molar-refractivity contribution in [3.8, 4) is 0 Å². The number of aryl methyl sites for hydroxylation is 2. The summed E-state index contributed by atoms with van der Waals surface area (Å²) in [6.07, 6.45) is 0. The lowest BCUT2D eigenvalue weighted by Gasteiger charge is -2.33. The second kappa shape index (κ2) is 5.78. The summed E-state index contributed by atoms with van der Waals surface area (Å²) in [7, 11) is 0. The summed E-state index contributed by atoms with van der Waals surface area (Å²) >= 11 is 0. The molecule has 0 aromatic heterocycles. The molecular formula is C18H22N2. The largest absolute Gasteiger partial charge is 0.307 e. The molecule has 20 heavy (non-hydrogen) atoms. The first-order valence-corrected chi connectivity index (χ1v) is 7.33. The van der Waals surface area contributed by atoms with Crippen LogP contribution in [0.4, 0.5) is 0 Å². The van der Waals surface area contributed by atoms with Crippen LogP contribution in [-0.2, 0) is 0 Å². The molecule has 0 radical (unpaired) electrons. The molecule has 104 valence electrons. The van der Waals surface area contributed by atoms with Crippen molar-refractivity contribution in [1.82, 2.24) is 10.6 Å². The predicted molar refractivity (Wildman–Crippen MR) is 83.8 cm³/mol. The van der Waals surface area contributed by atoms with Gasteiger partial charge in [-0.1, -0.05) is 48.5 Å². The molecule has 1 heterocycles. The molecule has 0 spiro atoms. The highest BCUT2D eigenvalue weighted by molar-refractivity contribution is 5.32. The van der Waals surface area contributed by atoms with Crippen LogP contribution >= 0.6 is 0 Å². The van der Waals surface area contributed by atoms with E-state index in [1.165, 1.54) is 22.3 Å². The van der Waals surface area contributed by atoms with Gasteiger partial charge in [0.05, 0.1) is 0 Å². The van der Waals surface area contributed by atoms with E-state index in [9.17, 15) is 0 Å². The van der Waals surface area contributed by atoms with Crippen LogP contribution < -0.4 is 10.6 Å². The Morgan fingerprint density at radius 1 is 0.700 bits per heavy atom. The van der Waals surface area contributed by atoms with Gasteiger partial charge in [-0.05, 0) is 36.1 Å². The van der Waals surface area contributed by atoms with Crippen molar-refractivity contribution in [2.75, 3.05) is 13.1 Å². The zero-order valence-corrected chi connectivity index (χ0v) is 12.2. The lowest BCUT2D eigenvalue weighted by atomic mass is 9.95. The zero-order chi connectivity index (χ0) is 13.9. The number of benzene rings is 2. The molecule has 1 fully saturated rings. The molecule has 2 aromatic rings. The maximum absolute atomic E-state index is 3.69. The quantitative estimate of drug-likeness (QED) is 0.871. The average molecular weight is 266 g/mol. The van der Waals surface area contributed by atoms with Gasteiger partial charge in [-0.15, -0.1) is 0 Å². The molecule has 0 saturated carbocycles. The van der Waals surface area contributed by atoms with E-state index >= 15 is 0 Å². The summed E-state index contributed by atoms with van der Waals surface area (Å²) in [5.74, 6) is 0. The molecule has 2 N–H and O–H groups in total. The molecule has 0 bridgehead atoms. The van der Waals surface area contributed by atoms with Crippen molar-refractivity contribution in [1.29, 1.82) is 0 Å². The van der Waals surface area contributed by atoms with Gasteiger partial charge in [0.15, 0.2) is 0 Å². The Labute approximate surface area is 121 Å². The fraction of sp³-hybridized carbons (Fsp3) is 0.333. The molecule has 2 unspecified atom stereocenters. The van der Waals surface area contributed by atoms with Crippen molar-refractivity contribution in [3.63, 3.8) is 0 Å². The van der Waals surface area contributed by atoms with Crippen LogP contribution in [0.2, 0.25) is 0 Å². The number of hydrogen-bond acceptors (Lipinski definition) is 2. The first kappa shape index (κ1) is 13.3. The van der Waals surface area contributed by atoms with E-state index in [4.69, 9.17) is 0 Å². The summed E-state index contributed by atoms with van der Waals surface area (Å²) in [6, 6.07) is 18.1. The number of hydrogen-bond donors (Lipinski definition) is 2. The Kier molecular flexibility index (Phi) is 3.86. The molecule has 0 aliphatic carbocycles. The van der Waals surface area contributed by atoms with Crippen molar-refractivity contribution in [3.05, 3.63) is 70.8 Å². The van der Waals surface area contributed by atoms with Crippen LogP contribution in [0, 0.1) is 13.8 Å². The minimum atomic E-state index is 0.413. The molecule has 3 rings (SSSR count). The monoisotopic (exact) mass is 266 g/mol. The summed E-state index contributed by atoms with van der Waals surface area (Å²) in [4.78, 5) is 0. The smallest absolute Gasteiger partial charge is 0.0450 e. The second-order valence-corrected chi connectivity index (χ2v) is 5.63. The van der Waals surface area contributed by atoms with E-state index in [0.717, 1.165) is 13.1 Å². The average Bonchev–Trinajstić information content (AvgIpc) is 2.49. The first-order valence-electron chi connectivity index (χ1n) is 7.33. The normalized spacial score (nSPS) is 22.7. The van der Waals surface area contributed by atoms with Gasteiger partial charge in [-0.3, -0.25) is 0 Å². The Morgan fingerprint density at radius 2 is 1.10 bits per heavy atom. The van der Waals surface area contributed by atoms with Gasteiger partial charge in [-0.2, -0.15) is 0 Å². The number of rotatable bonds is 2. The van der Waals surface area contributed by atoms with Gasteiger partial charge in [0, 0.05) is 25.2 Å². The van der Waals surface area contributed by atoms with E-state index in [2.05, 4.69) is 73.0 Å². The topological polar surface area (TPSA) is 24.1 Å². The van der Waals surface area contributed by atoms with Gasteiger partial charge < -0.3 is 10.6 Å². The maximum Gasteiger partial charge on any atom is 0.0450 e. The molecular weight excluding hydrogens is 244 g/mol. The minimum Gasteiger partial charge on any atom is -0.307 e. The Morgan fingerprint density at radius 3 is 1.45 bits per heavy atom. The standard InChI is InChI=1S/C18H22N2/c1-13-7-3-5-9-15(13)17-11-20-18(12-19-17)16-10-6-4-8-14(16)2/h3-10,17-20H,11-12H2,1-2H3. The van der Waals surface area contributed by atoms with Gasteiger partial charge in [-0.25, -0.2) is 0 Å². The summed E-state index contributed by atoms with van der Waals surface area (Å²) in [5, 5.41) is 7.38. The lowest BCUT2D eigenvalue weighted by Crippen LogP contribution is -2.45. The van der Waals surface area contributed by atoms with Crippen molar-refractivity contribution >= 4 is 0 Å². The van der Waals surface area contributed by atoms with Crippen LogP contribution in [0.25, 0.3) is 0 Å². The van der Waals surface area contributed by atoms with Crippen LogP contribution in [-0.4, -0.2) is 13.1 Å². The van der Waals surface area contributed by atoms with Crippen LogP contribution in [0.1, 0.15) is 34.3 Å². The predicted octanol–water partition coefficient (Wildman–Crippen LogP) is 3.28. The molecule has 1 aliphatic heterocycles. The molecule has 0 amide bonds. The van der Waals surface area contributed by atoms with Gasteiger partial charge in [0.2, 0.25) is 0 Å². The number of nitrogens with one attached hydrogen (secondary N) is 2. The summed E-state index contributed by atoms with van der Waals surface area (Å²) < 4.78 is 0. The third-order valence-corrected chi connectivity index (χ3v) is 4.26. The van der Waals surface area contributed by atoms with E-state index in [0.29, 0.717) is 12.1 Å². The first-order chi connectivity index (χ1) is 9.75. The van der Waals surface area contributed by atoms with Crippen molar-refractivity contribution in [2.45, 2.75) is 25.9 Å². The van der Waals surface area contributed by atoms with Gasteiger partial charge >= 0.3 is 0 Å². The van der Waals surface area contributed by atoms with E-state index in [1.807, 2.05) is 0 Å². The van der Waals surface area contributed by atoms with Crippen molar-refractivity contribution < 1.29 is 0 Å². The van der Waals surface area contributed by atoms with E-state index < -0.39 is 0 Å². The van der Waals surface area contributed by atoms with Gasteiger partial charge in [0.1, 0.15) is 0 Å². The second-order valence-electron chi connectivity index (χ2n) is 5.63. The molecule has 2 aromatic carbocycles. The van der Waals surface area contributed by atoms with Gasteiger partial charge in [0.25, 0.3) is 0 Å². The number of piperazine rings is 1. The molecule has 1 aliphatic rings. The Bertz CT molecular complexity index is 530. The Hall–Kier alpha value is -1.64. The maximum atomic E-state index is 3.69. The molecule has 2 nitrogen and oxygen atoms in total. The van der Waals surface area contributed by atoms with Crippen LogP contribution in [0.15, 0.2) is 48.5 Å². The fourth-order valence-electron chi connectivity index (χ4n) is 3.06. The third-order valence-electron chi connectivity index (χ3n) is 4.26. The molecule has 1 saturated heterocycles. The fourth-order valence-corrected chi connectivity index (χ4v) is 3.06. The zero-order valence-electron chi connectivity index (χ0n) is 12.2. The minimum absolute atomic E-state index is 0.413. The Balaban J connectivity index is 1.72. The highest BCUT2D eigenvalue weighted by Gasteiger charge is 2.23. The van der Waals surface area contributed by atoms with Crippen LogP contribution in [0.5, 0.6) is 0 Å². The molecule has 2 heteroatoms. The lowest BCUT2D eigenvalue weighted by molar-refractivity contribution is 0.355. The highest BCUT2D eigenvalue weighted by Crippen LogP contribution is 2.24. The SMILES string of the molecule is Cc1ccccc1C1CNC(c2ccccc2C)CN1.